The summed E-state index contributed by atoms with van der Waals surface area (Å²) in [5, 5.41) is 11.8. The zero-order valence-corrected chi connectivity index (χ0v) is 21.4. The fourth-order valence-corrected chi connectivity index (χ4v) is 6.49. The van der Waals surface area contributed by atoms with Crippen molar-refractivity contribution < 1.29 is 9.59 Å². The zero-order chi connectivity index (χ0) is 24.8. The molecule has 2 amide bonds. The number of hydrogen-bond donors (Lipinski definition) is 2. The Balaban J connectivity index is 1.20. The molecule has 1 aliphatic carbocycles. The van der Waals surface area contributed by atoms with Crippen molar-refractivity contribution in [3.8, 4) is 5.69 Å². The number of fused-ring (bicyclic) bond motifs is 2. The van der Waals surface area contributed by atoms with Crippen LogP contribution < -0.4 is 10.6 Å². The Morgan fingerprint density at radius 3 is 2.53 bits per heavy atom. The number of aromatic nitrogens is 3. The topological polar surface area (TPSA) is 88.9 Å². The molecule has 9 heteroatoms. The monoisotopic (exact) mass is 513 g/mol. The van der Waals surface area contributed by atoms with Crippen LogP contribution in [0.5, 0.6) is 0 Å². The van der Waals surface area contributed by atoms with E-state index in [-0.39, 0.29) is 11.8 Å². The average molecular weight is 514 g/mol. The molecule has 0 atom stereocenters. The van der Waals surface area contributed by atoms with Gasteiger partial charge < -0.3 is 5.32 Å². The summed E-state index contributed by atoms with van der Waals surface area (Å²) >= 11 is 2.56. The molecule has 0 bridgehead atoms. The first-order valence-electron chi connectivity index (χ1n) is 11.7. The largest absolute Gasteiger partial charge is 0.321 e. The van der Waals surface area contributed by atoms with Gasteiger partial charge in [0.1, 0.15) is 9.71 Å². The summed E-state index contributed by atoms with van der Waals surface area (Å²) in [4.78, 5) is 32.4. The second-order valence-electron chi connectivity index (χ2n) is 8.84. The number of amides is 2. The lowest BCUT2D eigenvalue weighted by molar-refractivity contribution is 0.102. The Labute approximate surface area is 215 Å². The van der Waals surface area contributed by atoms with Gasteiger partial charge in [0.25, 0.3) is 11.8 Å². The molecular formula is C27H23N5O2S2. The number of aryl methyl sites for hydroxylation is 4. The number of hydrogen-bond acceptors (Lipinski definition) is 6. The molecule has 2 N–H and O–H groups in total. The molecule has 0 radical (unpaired) electrons. The average Bonchev–Trinajstić information content (AvgIpc) is 3.64. The smallest absolute Gasteiger partial charge is 0.267 e. The summed E-state index contributed by atoms with van der Waals surface area (Å²) in [5.74, 6) is -0.474. The van der Waals surface area contributed by atoms with Crippen LogP contribution in [0.15, 0.2) is 54.6 Å². The number of thiophene rings is 1. The molecule has 2 aromatic carbocycles. The molecule has 1 aliphatic rings. The number of benzene rings is 2. The Morgan fingerprint density at radius 2 is 1.69 bits per heavy atom. The van der Waals surface area contributed by atoms with Gasteiger partial charge >= 0.3 is 0 Å². The standard InChI is InChI=1S/C27H23N5O2S2/c1-15-21-14-22(35-26(21)32(31-15)20-9-4-3-5-10-20)24(33)30-27-28-16(2)23(36-27)25(34)29-19-12-11-17-7-6-8-18(17)13-19/h3-5,9-14H,6-8H2,1-2H3,(H,29,34)(H,28,30,33). The van der Waals surface area contributed by atoms with E-state index in [0.29, 0.717) is 20.6 Å². The molecule has 7 nitrogen and oxygen atoms in total. The molecule has 0 saturated heterocycles. The molecule has 0 unspecified atom stereocenters. The van der Waals surface area contributed by atoms with Gasteiger partial charge in [0.05, 0.1) is 22.0 Å². The molecule has 5 aromatic rings. The van der Waals surface area contributed by atoms with Crippen molar-refractivity contribution >= 4 is 55.5 Å². The number of anilines is 2. The van der Waals surface area contributed by atoms with Crippen LogP contribution in [0.3, 0.4) is 0 Å². The molecule has 3 heterocycles. The van der Waals surface area contributed by atoms with E-state index in [1.165, 1.54) is 33.8 Å². The maximum atomic E-state index is 13.1. The summed E-state index contributed by atoms with van der Waals surface area (Å²) in [6.45, 7) is 3.72. The number of thiazole rings is 1. The van der Waals surface area contributed by atoms with Crippen LogP contribution in [0.4, 0.5) is 10.8 Å². The minimum absolute atomic E-state index is 0.219. The van der Waals surface area contributed by atoms with Crippen LogP contribution in [0.1, 0.15) is 48.3 Å². The summed E-state index contributed by atoms with van der Waals surface area (Å²) in [5.41, 5.74) is 5.84. The number of carbonyl (C=O) groups is 2. The number of para-hydroxylation sites is 1. The molecule has 6 rings (SSSR count). The SMILES string of the molecule is Cc1nc(NC(=O)c2cc3c(C)nn(-c4ccccc4)c3s2)sc1C(=O)Nc1ccc2c(c1)CCC2. The lowest BCUT2D eigenvalue weighted by Crippen LogP contribution is -2.11. The summed E-state index contributed by atoms with van der Waals surface area (Å²) in [6, 6.07) is 17.8. The van der Waals surface area contributed by atoms with Crippen molar-refractivity contribution in [2.75, 3.05) is 10.6 Å². The Morgan fingerprint density at radius 1 is 0.889 bits per heavy atom. The van der Waals surface area contributed by atoms with Gasteiger partial charge in [0.2, 0.25) is 0 Å². The zero-order valence-electron chi connectivity index (χ0n) is 19.8. The first-order chi connectivity index (χ1) is 17.5. The highest BCUT2D eigenvalue weighted by Gasteiger charge is 2.21. The molecule has 0 saturated carbocycles. The van der Waals surface area contributed by atoms with Crippen molar-refractivity contribution in [2.24, 2.45) is 0 Å². The van der Waals surface area contributed by atoms with Crippen molar-refractivity contribution in [1.82, 2.24) is 14.8 Å². The second kappa shape index (κ2) is 9.00. The van der Waals surface area contributed by atoms with Gasteiger partial charge in [-0.3, -0.25) is 14.9 Å². The molecule has 3 aromatic heterocycles. The summed E-state index contributed by atoms with van der Waals surface area (Å²) in [7, 11) is 0. The van der Waals surface area contributed by atoms with Crippen LogP contribution in [-0.4, -0.2) is 26.6 Å². The molecule has 0 aliphatic heterocycles. The number of rotatable bonds is 5. The summed E-state index contributed by atoms with van der Waals surface area (Å²) < 4.78 is 1.86. The highest BCUT2D eigenvalue weighted by molar-refractivity contribution is 7.21. The summed E-state index contributed by atoms with van der Waals surface area (Å²) in [6.07, 6.45) is 3.31. The van der Waals surface area contributed by atoms with Gasteiger partial charge in [-0.15, -0.1) is 11.3 Å². The van der Waals surface area contributed by atoms with Gasteiger partial charge in [0, 0.05) is 11.1 Å². The molecule has 0 spiro atoms. The molecule has 36 heavy (non-hydrogen) atoms. The number of nitrogens with one attached hydrogen (secondary N) is 2. The number of carbonyl (C=O) groups excluding carboxylic acids is 2. The van der Waals surface area contributed by atoms with Gasteiger partial charge in [-0.2, -0.15) is 5.10 Å². The van der Waals surface area contributed by atoms with Crippen LogP contribution >= 0.6 is 22.7 Å². The predicted octanol–water partition coefficient (Wildman–Crippen LogP) is 6.15. The third-order valence-electron chi connectivity index (χ3n) is 6.35. The quantitative estimate of drug-likeness (QED) is 0.295. The third kappa shape index (κ3) is 4.10. The van der Waals surface area contributed by atoms with E-state index in [0.717, 1.165) is 46.5 Å². The second-order valence-corrected chi connectivity index (χ2v) is 10.9. The highest BCUT2D eigenvalue weighted by atomic mass is 32.1. The Hall–Kier alpha value is -3.82. The van der Waals surface area contributed by atoms with Gasteiger partial charge in [-0.1, -0.05) is 35.6 Å². The van der Waals surface area contributed by atoms with E-state index >= 15 is 0 Å². The van der Waals surface area contributed by atoms with Gasteiger partial charge in [0.15, 0.2) is 5.13 Å². The van der Waals surface area contributed by atoms with E-state index < -0.39 is 0 Å². The fraction of sp³-hybridized carbons (Fsp3) is 0.185. The minimum atomic E-state index is -0.255. The van der Waals surface area contributed by atoms with Crippen molar-refractivity contribution in [3.05, 3.63) is 86.9 Å². The van der Waals surface area contributed by atoms with E-state index in [2.05, 4.69) is 32.8 Å². The van der Waals surface area contributed by atoms with E-state index in [1.807, 2.05) is 54.1 Å². The lowest BCUT2D eigenvalue weighted by atomic mass is 10.1. The predicted molar refractivity (Wildman–Crippen MR) is 145 cm³/mol. The first-order valence-corrected chi connectivity index (χ1v) is 13.4. The first kappa shape index (κ1) is 22.6. The lowest BCUT2D eigenvalue weighted by Gasteiger charge is -2.06. The van der Waals surface area contributed by atoms with Crippen molar-refractivity contribution in [1.29, 1.82) is 0 Å². The van der Waals surface area contributed by atoms with Crippen LogP contribution in [0.2, 0.25) is 0 Å². The minimum Gasteiger partial charge on any atom is -0.321 e. The van der Waals surface area contributed by atoms with Gasteiger partial charge in [-0.05, 0) is 74.6 Å². The molecule has 0 fully saturated rings. The highest BCUT2D eigenvalue weighted by Crippen LogP contribution is 2.32. The normalized spacial score (nSPS) is 12.6. The Kier molecular flexibility index (Phi) is 5.66. The Bertz CT molecular complexity index is 1630. The van der Waals surface area contributed by atoms with Crippen molar-refractivity contribution in [3.63, 3.8) is 0 Å². The maximum Gasteiger partial charge on any atom is 0.267 e. The number of nitrogens with zero attached hydrogens (tertiary/aromatic N) is 3. The van der Waals surface area contributed by atoms with Crippen LogP contribution in [0.25, 0.3) is 15.9 Å². The van der Waals surface area contributed by atoms with Crippen LogP contribution in [0, 0.1) is 13.8 Å². The fourth-order valence-electron chi connectivity index (χ4n) is 4.56. The van der Waals surface area contributed by atoms with E-state index in [9.17, 15) is 9.59 Å². The molecule has 180 valence electrons. The molecular weight excluding hydrogens is 490 g/mol. The third-order valence-corrected chi connectivity index (χ3v) is 8.53. The van der Waals surface area contributed by atoms with Crippen LogP contribution in [-0.2, 0) is 12.8 Å². The maximum absolute atomic E-state index is 13.1. The van der Waals surface area contributed by atoms with E-state index in [1.54, 1.807) is 6.92 Å². The van der Waals surface area contributed by atoms with E-state index in [4.69, 9.17) is 0 Å². The van der Waals surface area contributed by atoms with Gasteiger partial charge in [-0.25, -0.2) is 9.67 Å². The van der Waals surface area contributed by atoms with Crippen molar-refractivity contribution in [2.45, 2.75) is 33.1 Å².